The van der Waals surface area contributed by atoms with Gasteiger partial charge in [-0.1, -0.05) is 35.9 Å². The largest absolute Gasteiger partial charge is 0.417 e. The van der Waals surface area contributed by atoms with Gasteiger partial charge in [0.25, 0.3) is 5.91 Å². The summed E-state index contributed by atoms with van der Waals surface area (Å²) < 4.78 is 10.6. The number of hydrogen-bond acceptors (Lipinski definition) is 4. The standard InChI is InChI=1S/C22H20N2O4/c25-21-17-4-2-1-3-16(17)19(11-14-7-9-27-10-8-14)24(21)13-15-5-6-18-20(12-15)28-22(26)23-18/h1-7,12,19H,8-11,13H2,(H,23,26). The molecule has 0 saturated heterocycles. The first-order valence-corrected chi connectivity index (χ1v) is 9.46. The minimum absolute atomic E-state index is 0.00183. The Hall–Kier alpha value is -3.12. The summed E-state index contributed by atoms with van der Waals surface area (Å²) in [5.41, 5.74) is 5.29. The second-order valence-electron chi connectivity index (χ2n) is 7.27. The number of aromatic amines is 1. The molecule has 5 rings (SSSR count). The van der Waals surface area contributed by atoms with E-state index in [1.54, 1.807) is 0 Å². The fourth-order valence-corrected chi connectivity index (χ4v) is 4.13. The van der Waals surface area contributed by atoms with E-state index >= 15 is 0 Å². The zero-order valence-electron chi connectivity index (χ0n) is 15.3. The van der Waals surface area contributed by atoms with Crippen LogP contribution < -0.4 is 5.76 Å². The lowest BCUT2D eigenvalue weighted by Crippen LogP contribution is -2.28. The van der Waals surface area contributed by atoms with Crippen molar-refractivity contribution in [1.29, 1.82) is 0 Å². The molecular formula is C22H20N2O4. The van der Waals surface area contributed by atoms with Crippen LogP contribution in [0, 0.1) is 0 Å². The molecule has 2 aliphatic heterocycles. The molecule has 0 fully saturated rings. The molecule has 1 atom stereocenters. The molecule has 0 bridgehead atoms. The van der Waals surface area contributed by atoms with E-state index in [-0.39, 0.29) is 11.9 Å². The lowest BCUT2D eigenvalue weighted by Gasteiger charge is -2.27. The fourth-order valence-electron chi connectivity index (χ4n) is 4.13. The van der Waals surface area contributed by atoms with Gasteiger partial charge in [0, 0.05) is 12.1 Å². The summed E-state index contributed by atoms with van der Waals surface area (Å²) in [6, 6.07) is 13.4. The number of amides is 1. The molecule has 1 unspecified atom stereocenters. The first-order valence-electron chi connectivity index (χ1n) is 9.46. The van der Waals surface area contributed by atoms with Gasteiger partial charge in [-0.25, -0.2) is 4.79 Å². The second-order valence-corrected chi connectivity index (χ2v) is 7.27. The molecule has 6 nitrogen and oxygen atoms in total. The van der Waals surface area contributed by atoms with Gasteiger partial charge in [-0.2, -0.15) is 0 Å². The van der Waals surface area contributed by atoms with E-state index in [4.69, 9.17) is 9.15 Å². The van der Waals surface area contributed by atoms with E-state index in [1.165, 1.54) is 5.57 Å². The Morgan fingerprint density at radius 1 is 1.14 bits per heavy atom. The zero-order chi connectivity index (χ0) is 19.1. The minimum atomic E-state index is -0.471. The van der Waals surface area contributed by atoms with Crippen molar-refractivity contribution in [3.05, 3.63) is 81.4 Å². The van der Waals surface area contributed by atoms with Crippen molar-refractivity contribution in [2.24, 2.45) is 0 Å². The van der Waals surface area contributed by atoms with Gasteiger partial charge < -0.3 is 14.1 Å². The molecular weight excluding hydrogens is 356 g/mol. The summed E-state index contributed by atoms with van der Waals surface area (Å²) >= 11 is 0. The second kappa shape index (κ2) is 6.80. The lowest BCUT2D eigenvalue weighted by molar-refractivity contribution is 0.0705. The number of nitrogens with one attached hydrogen (secondary N) is 1. The summed E-state index contributed by atoms with van der Waals surface area (Å²) in [5.74, 6) is -0.426. The fraction of sp³-hybridized carbons (Fsp3) is 0.273. The maximum atomic E-state index is 13.1. The summed E-state index contributed by atoms with van der Waals surface area (Å²) in [5, 5.41) is 0. The molecule has 2 aliphatic rings. The van der Waals surface area contributed by atoms with E-state index in [0.717, 1.165) is 36.1 Å². The number of benzene rings is 2. The Labute approximate surface area is 161 Å². The molecule has 142 valence electrons. The molecule has 0 spiro atoms. The first kappa shape index (κ1) is 17.0. The Bertz CT molecular complexity index is 1140. The Morgan fingerprint density at radius 3 is 2.89 bits per heavy atom. The van der Waals surface area contributed by atoms with E-state index in [2.05, 4.69) is 11.1 Å². The number of hydrogen-bond donors (Lipinski definition) is 1. The smallest absolute Gasteiger partial charge is 0.408 e. The number of oxazole rings is 1. The van der Waals surface area contributed by atoms with Crippen LogP contribution in [0.4, 0.5) is 0 Å². The SMILES string of the molecule is O=C1c2ccccc2C(CC2=CCOCC2)N1Cc1ccc2[nH]c(=O)oc2c1. The highest BCUT2D eigenvalue weighted by Crippen LogP contribution is 2.39. The summed E-state index contributed by atoms with van der Waals surface area (Å²) in [6.45, 7) is 1.84. The molecule has 2 aromatic carbocycles. The van der Waals surface area contributed by atoms with Crippen molar-refractivity contribution in [1.82, 2.24) is 9.88 Å². The maximum absolute atomic E-state index is 13.1. The average molecular weight is 376 g/mol. The molecule has 0 saturated carbocycles. The summed E-state index contributed by atoms with van der Waals surface area (Å²) in [4.78, 5) is 29.1. The predicted molar refractivity (Wildman–Crippen MR) is 104 cm³/mol. The molecule has 0 radical (unpaired) electrons. The van der Waals surface area contributed by atoms with Crippen molar-refractivity contribution in [3.8, 4) is 0 Å². The van der Waals surface area contributed by atoms with Crippen LogP contribution in [0.2, 0.25) is 0 Å². The van der Waals surface area contributed by atoms with Crippen molar-refractivity contribution in [3.63, 3.8) is 0 Å². The number of rotatable bonds is 4. The molecule has 3 heterocycles. The number of carbonyl (C=O) groups excluding carboxylic acids is 1. The Kier molecular flexibility index (Phi) is 4.13. The Balaban J connectivity index is 1.48. The van der Waals surface area contributed by atoms with Crippen LogP contribution in [0.25, 0.3) is 11.1 Å². The van der Waals surface area contributed by atoms with Gasteiger partial charge in [-0.3, -0.25) is 9.78 Å². The molecule has 6 heteroatoms. The predicted octanol–water partition coefficient (Wildman–Crippen LogP) is 3.56. The van der Waals surface area contributed by atoms with Gasteiger partial charge in [-0.15, -0.1) is 0 Å². The monoisotopic (exact) mass is 376 g/mol. The van der Waals surface area contributed by atoms with Gasteiger partial charge in [0.1, 0.15) is 0 Å². The number of aromatic nitrogens is 1. The number of ether oxygens (including phenoxy) is 1. The highest BCUT2D eigenvalue weighted by molar-refractivity contribution is 5.99. The van der Waals surface area contributed by atoms with Gasteiger partial charge in [0.05, 0.1) is 24.8 Å². The van der Waals surface area contributed by atoms with Crippen LogP contribution in [-0.2, 0) is 11.3 Å². The first-order chi connectivity index (χ1) is 13.7. The van der Waals surface area contributed by atoms with E-state index in [1.807, 2.05) is 47.4 Å². The van der Waals surface area contributed by atoms with E-state index < -0.39 is 5.76 Å². The Morgan fingerprint density at radius 2 is 2.04 bits per heavy atom. The third kappa shape index (κ3) is 2.96. The summed E-state index contributed by atoms with van der Waals surface area (Å²) in [6.07, 6.45) is 3.85. The van der Waals surface area contributed by atoms with Crippen LogP contribution in [0.3, 0.4) is 0 Å². The average Bonchev–Trinajstić information content (AvgIpc) is 3.21. The number of carbonyl (C=O) groups is 1. The highest BCUT2D eigenvalue weighted by atomic mass is 16.5. The van der Waals surface area contributed by atoms with E-state index in [0.29, 0.717) is 24.3 Å². The van der Waals surface area contributed by atoms with Crippen LogP contribution >= 0.6 is 0 Å². The molecule has 28 heavy (non-hydrogen) atoms. The minimum Gasteiger partial charge on any atom is -0.408 e. The van der Waals surface area contributed by atoms with Gasteiger partial charge in [-0.05, 0) is 42.2 Å². The van der Waals surface area contributed by atoms with Gasteiger partial charge in [0.2, 0.25) is 0 Å². The molecule has 1 aromatic heterocycles. The number of nitrogens with zero attached hydrogens (tertiary/aromatic N) is 1. The number of H-pyrrole nitrogens is 1. The number of fused-ring (bicyclic) bond motifs is 2. The van der Waals surface area contributed by atoms with Crippen LogP contribution in [0.5, 0.6) is 0 Å². The van der Waals surface area contributed by atoms with Gasteiger partial charge in [0.15, 0.2) is 5.58 Å². The van der Waals surface area contributed by atoms with Crippen molar-refractivity contribution >= 4 is 17.0 Å². The van der Waals surface area contributed by atoms with Gasteiger partial charge >= 0.3 is 5.76 Å². The van der Waals surface area contributed by atoms with Crippen LogP contribution in [0.15, 0.2) is 63.3 Å². The third-order valence-electron chi connectivity index (χ3n) is 5.54. The van der Waals surface area contributed by atoms with Crippen LogP contribution in [-0.4, -0.2) is 29.0 Å². The zero-order valence-corrected chi connectivity index (χ0v) is 15.3. The van der Waals surface area contributed by atoms with E-state index in [9.17, 15) is 9.59 Å². The van der Waals surface area contributed by atoms with Crippen molar-refractivity contribution < 1.29 is 13.9 Å². The topological polar surface area (TPSA) is 75.5 Å². The highest BCUT2D eigenvalue weighted by Gasteiger charge is 2.36. The normalized spacial score (nSPS) is 19.1. The molecule has 1 amide bonds. The molecule has 0 aliphatic carbocycles. The van der Waals surface area contributed by atoms with Crippen molar-refractivity contribution in [2.45, 2.75) is 25.4 Å². The maximum Gasteiger partial charge on any atom is 0.417 e. The quantitative estimate of drug-likeness (QED) is 0.707. The third-order valence-corrected chi connectivity index (χ3v) is 5.54. The van der Waals surface area contributed by atoms with Crippen molar-refractivity contribution in [2.75, 3.05) is 13.2 Å². The van der Waals surface area contributed by atoms with Crippen LogP contribution in [0.1, 0.15) is 40.4 Å². The lowest BCUT2D eigenvalue weighted by atomic mass is 9.96. The molecule has 3 aromatic rings. The molecule has 1 N–H and O–H groups in total. The summed E-state index contributed by atoms with van der Waals surface area (Å²) in [7, 11) is 0.